The number of nitrogens with zero attached hydrogens (tertiary/aromatic N) is 2. The van der Waals surface area contributed by atoms with Crippen molar-refractivity contribution in [2.24, 2.45) is 0 Å². The van der Waals surface area contributed by atoms with Crippen molar-refractivity contribution in [3.8, 4) is 0 Å². The topological polar surface area (TPSA) is 41.6 Å². The molecule has 0 spiro atoms. The quantitative estimate of drug-likeness (QED) is 0.528. The van der Waals surface area contributed by atoms with E-state index in [2.05, 4.69) is 15.0 Å². The Morgan fingerprint density at radius 1 is 1.55 bits per heavy atom. The molecule has 0 amide bonds. The molecule has 2 aromatic rings. The van der Waals surface area contributed by atoms with Crippen LogP contribution in [0.15, 0.2) is 12.4 Å². The largest absolute Gasteiger partial charge is 0.342 e. The van der Waals surface area contributed by atoms with Gasteiger partial charge in [0.25, 0.3) is 0 Å². The number of rotatable bonds is 0. The van der Waals surface area contributed by atoms with Gasteiger partial charge >= 0.3 is 0 Å². The first-order chi connectivity index (χ1) is 5.27. The van der Waals surface area contributed by atoms with Crippen molar-refractivity contribution in [3.05, 3.63) is 18.2 Å². The van der Waals surface area contributed by atoms with Crippen molar-refractivity contribution in [2.75, 3.05) is 0 Å². The molecule has 52 valence electrons. The molecular formula is C6H3BFN3. The smallest absolute Gasteiger partial charge is 0.168 e. The van der Waals surface area contributed by atoms with Gasteiger partial charge in [0.2, 0.25) is 0 Å². The molecule has 0 aliphatic heterocycles. The van der Waals surface area contributed by atoms with Crippen LogP contribution in [-0.4, -0.2) is 22.8 Å². The lowest BCUT2D eigenvalue weighted by Gasteiger charge is -1.90. The first kappa shape index (κ1) is 6.33. The monoisotopic (exact) mass is 147 g/mol. The molecule has 11 heavy (non-hydrogen) atoms. The van der Waals surface area contributed by atoms with Crippen LogP contribution >= 0.6 is 0 Å². The van der Waals surface area contributed by atoms with Crippen LogP contribution in [0.4, 0.5) is 4.39 Å². The number of H-pyrrole nitrogens is 1. The SMILES string of the molecule is [B]c1cnc2[nH]cc(F)c2n1. The van der Waals surface area contributed by atoms with Crippen LogP contribution in [0.3, 0.4) is 0 Å². The second kappa shape index (κ2) is 2.05. The maximum atomic E-state index is 12.7. The number of fused-ring (bicyclic) bond motifs is 1. The minimum atomic E-state index is -0.431. The van der Waals surface area contributed by atoms with Gasteiger partial charge in [-0.1, -0.05) is 0 Å². The fraction of sp³-hybridized carbons (Fsp3) is 0. The molecule has 5 heteroatoms. The molecule has 0 saturated carbocycles. The van der Waals surface area contributed by atoms with Gasteiger partial charge in [-0.15, -0.1) is 0 Å². The Balaban J connectivity index is 2.87. The fourth-order valence-electron chi connectivity index (χ4n) is 0.875. The molecule has 2 aromatic heterocycles. The van der Waals surface area contributed by atoms with Crippen molar-refractivity contribution < 1.29 is 4.39 Å². The standard InChI is InChI=1S/C6H3BFN3/c7-4-2-10-6-5(11-4)3(8)1-9-6/h1-2H,(H,9,10). The first-order valence-electron chi connectivity index (χ1n) is 3.02. The van der Waals surface area contributed by atoms with E-state index in [1.165, 1.54) is 12.4 Å². The average Bonchev–Trinajstić information content (AvgIpc) is 2.33. The zero-order valence-electron chi connectivity index (χ0n) is 5.50. The van der Waals surface area contributed by atoms with E-state index in [-0.39, 0.29) is 11.1 Å². The summed E-state index contributed by atoms with van der Waals surface area (Å²) >= 11 is 0. The summed E-state index contributed by atoms with van der Waals surface area (Å²) in [6, 6.07) is 0. The van der Waals surface area contributed by atoms with Crippen LogP contribution in [0.5, 0.6) is 0 Å². The zero-order valence-corrected chi connectivity index (χ0v) is 5.50. The van der Waals surface area contributed by atoms with Gasteiger partial charge in [0, 0.05) is 18.0 Å². The third kappa shape index (κ3) is 0.887. The third-order valence-corrected chi connectivity index (χ3v) is 1.35. The van der Waals surface area contributed by atoms with Gasteiger partial charge in [-0.2, -0.15) is 0 Å². The Kier molecular flexibility index (Phi) is 1.18. The van der Waals surface area contributed by atoms with Crippen LogP contribution in [0.1, 0.15) is 0 Å². The second-order valence-electron chi connectivity index (χ2n) is 2.13. The van der Waals surface area contributed by atoms with Gasteiger partial charge in [0.05, 0.1) is 0 Å². The minimum Gasteiger partial charge on any atom is -0.342 e. The van der Waals surface area contributed by atoms with Crippen molar-refractivity contribution >= 4 is 24.6 Å². The van der Waals surface area contributed by atoms with Crippen LogP contribution in [-0.2, 0) is 0 Å². The van der Waals surface area contributed by atoms with Gasteiger partial charge in [0.1, 0.15) is 13.4 Å². The number of aromatic nitrogens is 3. The average molecular weight is 147 g/mol. The highest BCUT2D eigenvalue weighted by Gasteiger charge is 2.03. The molecule has 0 atom stereocenters. The summed E-state index contributed by atoms with van der Waals surface area (Å²) < 4.78 is 12.7. The molecule has 0 saturated heterocycles. The summed E-state index contributed by atoms with van der Waals surface area (Å²) in [4.78, 5) is 10.2. The number of nitrogens with one attached hydrogen (secondary N) is 1. The van der Waals surface area contributed by atoms with Crippen LogP contribution < -0.4 is 5.59 Å². The molecule has 0 fully saturated rings. The molecule has 0 unspecified atom stereocenters. The Hall–Kier alpha value is -1.39. The fourth-order valence-corrected chi connectivity index (χ4v) is 0.875. The van der Waals surface area contributed by atoms with Crippen LogP contribution in [0, 0.1) is 5.82 Å². The van der Waals surface area contributed by atoms with E-state index >= 15 is 0 Å². The van der Waals surface area contributed by atoms with Crippen LogP contribution in [0.25, 0.3) is 11.2 Å². The van der Waals surface area contributed by atoms with E-state index in [9.17, 15) is 4.39 Å². The molecule has 0 aliphatic rings. The lowest BCUT2D eigenvalue weighted by atomic mass is 10.1. The Morgan fingerprint density at radius 2 is 2.36 bits per heavy atom. The van der Waals surface area contributed by atoms with Crippen molar-refractivity contribution in [1.29, 1.82) is 0 Å². The van der Waals surface area contributed by atoms with E-state index in [0.29, 0.717) is 5.65 Å². The van der Waals surface area contributed by atoms with Crippen molar-refractivity contribution in [1.82, 2.24) is 15.0 Å². The summed E-state index contributed by atoms with van der Waals surface area (Å²) in [6.45, 7) is 0. The predicted molar refractivity (Wildman–Crippen MR) is 39.2 cm³/mol. The van der Waals surface area contributed by atoms with Gasteiger partial charge < -0.3 is 4.98 Å². The normalized spacial score (nSPS) is 10.6. The predicted octanol–water partition coefficient (Wildman–Crippen LogP) is -0.109. The number of hydrogen-bond acceptors (Lipinski definition) is 2. The molecule has 2 rings (SSSR count). The molecule has 2 heterocycles. The summed E-state index contributed by atoms with van der Waals surface area (Å²) in [5, 5.41) is 0. The molecule has 3 nitrogen and oxygen atoms in total. The lowest BCUT2D eigenvalue weighted by Crippen LogP contribution is -2.08. The first-order valence-corrected chi connectivity index (χ1v) is 3.02. The summed E-state index contributed by atoms with van der Waals surface area (Å²) in [6.07, 6.45) is 2.57. The van der Waals surface area contributed by atoms with E-state index in [1.54, 1.807) is 0 Å². The highest BCUT2D eigenvalue weighted by molar-refractivity contribution is 6.30. The van der Waals surface area contributed by atoms with Gasteiger partial charge in [-0.05, 0) is 0 Å². The van der Waals surface area contributed by atoms with E-state index in [0.717, 1.165) is 0 Å². The Bertz CT molecular complexity index is 398. The molecular weight excluding hydrogens is 144 g/mol. The maximum absolute atomic E-state index is 12.7. The molecule has 1 N–H and O–H groups in total. The lowest BCUT2D eigenvalue weighted by molar-refractivity contribution is 0.637. The molecule has 2 radical (unpaired) electrons. The minimum absolute atomic E-state index is 0.185. The van der Waals surface area contributed by atoms with Crippen molar-refractivity contribution in [2.45, 2.75) is 0 Å². The number of aromatic amines is 1. The highest BCUT2D eigenvalue weighted by atomic mass is 19.1. The summed E-state index contributed by atoms with van der Waals surface area (Å²) in [5.74, 6) is -0.431. The maximum Gasteiger partial charge on any atom is 0.168 e. The second-order valence-corrected chi connectivity index (χ2v) is 2.13. The highest BCUT2D eigenvalue weighted by Crippen LogP contribution is 2.08. The Labute approximate surface area is 63.1 Å². The molecule has 0 aliphatic carbocycles. The Morgan fingerprint density at radius 3 is 3.18 bits per heavy atom. The van der Waals surface area contributed by atoms with Gasteiger partial charge in [0.15, 0.2) is 11.5 Å². The van der Waals surface area contributed by atoms with Gasteiger partial charge in [-0.3, -0.25) is 4.98 Å². The molecule has 0 aromatic carbocycles. The number of halogens is 1. The number of hydrogen-bond donors (Lipinski definition) is 1. The van der Waals surface area contributed by atoms with E-state index in [1.807, 2.05) is 0 Å². The summed E-state index contributed by atoms with van der Waals surface area (Å²) in [7, 11) is 5.30. The molecule has 0 bridgehead atoms. The van der Waals surface area contributed by atoms with Crippen molar-refractivity contribution in [3.63, 3.8) is 0 Å². The van der Waals surface area contributed by atoms with Crippen LogP contribution in [0.2, 0.25) is 0 Å². The van der Waals surface area contributed by atoms with E-state index < -0.39 is 5.82 Å². The summed E-state index contributed by atoms with van der Waals surface area (Å²) in [5.41, 5.74) is 0.817. The zero-order chi connectivity index (χ0) is 7.84. The third-order valence-electron chi connectivity index (χ3n) is 1.35. The van der Waals surface area contributed by atoms with Gasteiger partial charge in [-0.25, -0.2) is 9.37 Å². The van der Waals surface area contributed by atoms with E-state index in [4.69, 9.17) is 7.85 Å².